The maximum Gasteiger partial charge on any atom is 0.272 e. The van der Waals surface area contributed by atoms with E-state index in [4.69, 9.17) is 0 Å². The number of hydrogen-bond acceptors (Lipinski definition) is 5. The largest absolute Gasteiger partial charge is 0.371 e. The molecule has 0 radical (unpaired) electrons. The van der Waals surface area contributed by atoms with Gasteiger partial charge in [0.05, 0.1) is 16.7 Å². The molecule has 0 aliphatic carbocycles. The Morgan fingerprint density at radius 3 is 2.75 bits per heavy atom. The van der Waals surface area contributed by atoms with Crippen LogP contribution >= 0.6 is 0 Å². The Hall–Kier alpha value is -1.73. The van der Waals surface area contributed by atoms with Crippen LogP contribution in [0.1, 0.15) is 0 Å². The predicted octanol–water partition coefficient (Wildman–Crippen LogP) is 1.08. The number of benzene rings is 1. The van der Waals surface area contributed by atoms with E-state index in [0.717, 1.165) is 38.8 Å². The highest BCUT2D eigenvalue weighted by molar-refractivity contribution is 5.51. The molecule has 0 unspecified atom stereocenters. The number of nitro benzene ring substituents is 1. The summed E-state index contributed by atoms with van der Waals surface area (Å²) in [6.45, 7) is 5.50. The normalized spacial score (nSPS) is 16.1. The lowest BCUT2D eigenvalue weighted by Crippen LogP contribution is -2.46. The molecule has 0 amide bonds. The summed E-state index contributed by atoms with van der Waals surface area (Å²) in [5.41, 5.74) is 0.174. The fraction of sp³-hybridized carbons (Fsp3) is 0.538. The quantitative estimate of drug-likeness (QED) is 0.646. The minimum absolute atomic E-state index is 0.221. The molecule has 1 saturated heterocycles. The van der Waals surface area contributed by atoms with Crippen LogP contribution in [-0.2, 0) is 0 Å². The summed E-state index contributed by atoms with van der Waals surface area (Å²) in [4.78, 5) is 14.1. The highest BCUT2D eigenvalue weighted by Gasteiger charge is 2.15. The van der Waals surface area contributed by atoms with Crippen molar-refractivity contribution >= 4 is 11.4 Å². The van der Waals surface area contributed by atoms with Gasteiger partial charge in [-0.1, -0.05) is 0 Å². The molecule has 0 bridgehead atoms. The van der Waals surface area contributed by atoms with E-state index >= 15 is 0 Å². The Kier molecular flexibility index (Phi) is 4.86. The number of rotatable bonds is 5. The number of nitrogens with zero attached hydrogens (tertiary/aromatic N) is 3. The number of piperazine rings is 1. The minimum atomic E-state index is -0.590. The van der Waals surface area contributed by atoms with E-state index in [1.54, 1.807) is 11.9 Å². The molecule has 0 atom stereocenters. The number of likely N-dealkylation sites (N-methyl/N-ethyl adjacent to an activating group) is 1. The fourth-order valence-electron chi connectivity index (χ4n) is 2.27. The topological polar surface area (TPSA) is 61.6 Å². The number of halogens is 1. The second-order valence-corrected chi connectivity index (χ2v) is 4.91. The van der Waals surface area contributed by atoms with Gasteiger partial charge in [-0.25, -0.2) is 4.39 Å². The molecule has 1 aliphatic rings. The van der Waals surface area contributed by atoms with Gasteiger partial charge in [0.15, 0.2) is 5.82 Å². The van der Waals surface area contributed by atoms with E-state index < -0.39 is 10.7 Å². The Morgan fingerprint density at radius 1 is 1.45 bits per heavy atom. The first-order valence-electron chi connectivity index (χ1n) is 6.66. The number of non-ortho nitro benzene ring substituents is 1. The van der Waals surface area contributed by atoms with Crippen molar-refractivity contribution in [3.63, 3.8) is 0 Å². The van der Waals surface area contributed by atoms with Crippen LogP contribution < -0.4 is 10.2 Å². The molecular formula is C13H19FN4O2. The van der Waals surface area contributed by atoms with Gasteiger partial charge in [0.2, 0.25) is 0 Å². The Bertz CT molecular complexity index is 477. The Labute approximate surface area is 117 Å². The van der Waals surface area contributed by atoms with Crippen molar-refractivity contribution in [3.8, 4) is 0 Å². The Balaban J connectivity index is 1.94. The molecule has 110 valence electrons. The zero-order valence-corrected chi connectivity index (χ0v) is 11.5. The monoisotopic (exact) mass is 282 g/mol. The summed E-state index contributed by atoms with van der Waals surface area (Å²) in [6, 6.07) is 3.77. The van der Waals surface area contributed by atoms with Gasteiger partial charge < -0.3 is 10.2 Å². The van der Waals surface area contributed by atoms with Crippen molar-refractivity contribution in [1.82, 2.24) is 10.2 Å². The summed E-state index contributed by atoms with van der Waals surface area (Å²) >= 11 is 0. The van der Waals surface area contributed by atoms with Gasteiger partial charge in [0.25, 0.3) is 5.69 Å². The molecular weight excluding hydrogens is 263 g/mol. The van der Waals surface area contributed by atoms with Crippen LogP contribution in [-0.4, -0.2) is 56.1 Å². The third kappa shape index (κ3) is 3.64. The van der Waals surface area contributed by atoms with Crippen LogP contribution in [0.25, 0.3) is 0 Å². The molecule has 1 aromatic rings. The van der Waals surface area contributed by atoms with Gasteiger partial charge in [-0.2, -0.15) is 0 Å². The SMILES string of the molecule is CN(CCN1CCNCC1)c1ccc([N+](=O)[O-])cc1F. The second kappa shape index (κ2) is 6.62. The van der Waals surface area contributed by atoms with Gasteiger partial charge in [-0.15, -0.1) is 0 Å². The first-order chi connectivity index (χ1) is 9.58. The molecule has 20 heavy (non-hydrogen) atoms. The molecule has 0 spiro atoms. The maximum atomic E-state index is 13.9. The molecule has 2 rings (SSSR count). The molecule has 1 aromatic carbocycles. The number of anilines is 1. The van der Waals surface area contributed by atoms with E-state index in [9.17, 15) is 14.5 Å². The van der Waals surface area contributed by atoms with Crippen molar-refractivity contribution in [3.05, 3.63) is 34.1 Å². The van der Waals surface area contributed by atoms with E-state index in [1.807, 2.05) is 0 Å². The predicted molar refractivity (Wildman–Crippen MR) is 75.6 cm³/mol. The maximum absolute atomic E-state index is 13.9. The summed E-state index contributed by atoms with van der Waals surface area (Å²) in [5.74, 6) is -0.554. The zero-order chi connectivity index (χ0) is 14.5. The summed E-state index contributed by atoms with van der Waals surface area (Å²) in [5, 5.41) is 13.9. The van der Waals surface area contributed by atoms with Crippen LogP contribution in [0.4, 0.5) is 15.8 Å². The average Bonchev–Trinajstić information content (AvgIpc) is 2.45. The molecule has 7 heteroatoms. The first-order valence-corrected chi connectivity index (χ1v) is 6.66. The van der Waals surface area contributed by atoms with Gasteiger partial charge in [0.1, 0.15) is 0 Å². The standard InChI is InChI=1S/C13H19FN4O2/c1-16(8-9-17-6-4-15-5-7-17)13-3-2-11(18(19)20)10-12(13)14/h2-3,10,15H,4-9H2,1H3. The first kappa shape index (κ1) is 14.7. The smallest absolute Gasteiger partial charge is 0.272 e. The number of nitro groups is 1. The molecule has 1 aliphatic heterocycles. The highest BCUT2D eigenvalue weighted by atomic mass is 19.1. The molecule has 0 aromatic heterocycles. The zero-order valence-electron chi connectivity index (χ0n) is 11.5. The van der Waals surface area contributed by atoms with Crippen molar-refractivity contribution in [2.24, 2.45) is 0 Å². The number of hydrogen-bond donors (Lipinski definition) is 1. The lowest BCUT2D eigenvalue weighted by Gasteiger charge is -2.29. The molecule has 6 nitrogen and oxygen atoms in total. The van der Waals surface area contributed by atoms with Crippen LogP contribution in [0.15, 0.2) is 18.2 Å². The number of nitrogens with one attached hydrogen (secondary N) is 1. The highest BCUT2D eigenvalue weighted by Crippen LogP contribution is 2.23. The molecule has 0 saturated carbocycles. The summed E-state index contributed by atoms with van der Waals surface area (Å²) in [6.07, 6.45) is 0. The molecule has 1 N–H and O–H groups in total. The van der Waals surface area contributed by atoms with Crippen LogP contribution in [0.5, 0.6) is 0 Å². The van der Waals surface area contributed by atoms with E-state index in [2.05, 4.69) is 10.2 Å². The minimum Gasteiger partial charge on any atom is -0.371 e. The molecule has 1 fully saturated rings. The van der Waals surface area contributed by atoms with E-state index in [1.165, 1.54) is 12.1 Å². The van der Waals surface area contributed by atoms with Crippen molar-refractivity contribution < 1.29 is 9.31 Å². The van der Waals surface area contributed by atoms with Gasteiger partial charge in [-0.05, 0) is 6.07 Å². The van der Waals surface area contributed by atoms with Crippen LogP contribution in [0, 0.1) is 15.9 Å². The van der Waals surface area contributed by atoms with Crippen LogP contribution in [0.3, 0.4) is 0 Å². The lowest BCUT2D eigenvalue weighted by molar-refractivity contribution is -0.385. The third-order valence-corrected chi connectivity index (χ3v) is 3.51. The van der Waals surface area contributed by atoms with Gasteiger partial charge in [-0.3, -0.25) is 15.0 Å². The average molecular weight is 282 g/mol. The van der Waals surface area contributed by atoms with Crippen molar-refractivity contribution in [1.29, 1.82) is 0 Å². The van der Waals surface area contributed by atoms with Gasteiger partial charge >= 0.3 is 0 Å². The van der Waals surface area contributed by atoms with E-state index in [-0.39, 0.29) is 5.69 Å². The van der Waals surface area contributed by atoms with Gasteiger partial charge in [0, 0.05) is 52.4 Å². The lowest BCUT2D eigenvalue weighted by atomic mass is 10.2. The second-order valence-electron chi connectivity index (χ2n) is 4.91. The van der Waals surface area contributed by atoms with Crippen LogP contribution in [0.2, 0.25) is 0 Å². The van der Waals surface area contributed by atoms with E-state index in [0.29, 0.717) is 12.2 Å². The van der Waals surface area contributed by atoms with Crippen molar-refractivity contribution in [2.75, 3.05) is 51.2 Å². The fourth-order valence-corrected chi connectivity index (χ4v) is 2.27. The molecule has 1 heterocycles. The summed E-state index contributed by atoms with van der Waals surface area (Å²) < 4.78 is 13.9. The summed E-state index contributed by atoms with van der Waals surface area (Å²) in [7, 11) is 1.80. The third-order valence-electron chi connectivity index (χ3n) is 3.51. The van der Waals surface area contributed by atoms with Crippen molar-refractivity contribution in [2.45, 2.75) is 0 Å². The Morgan fingerprint density at radius 2 is 2.15 bits per heavy atom.